The van der Waals surface area contributed by atoms with Gasteiger partial charge in [0.25, 0.3) is 0 Å². The van der Waals surface area contributed by atoms with Gasteiger partial charge < -0.3 is 4.90 Å². The number of halogens is 6. The van der Waals surface area contributed by atoms with Crippen LogP contribution in [0.2, 0.25) is 0 Å². The summed E-state index contributed by atoms with van der Waals surface area (Å²) in [4.78, 5) is 1.79. The number of rotatable bonds is 10. The van der Waals surface area contributed by atoms with Gasteiger partial charge in [0.1, 0.15) is 0 Å². The van der Waals surface area contributed by atoms with E-state index in [-0.39, 0.29) is 37.6 Å². The van der Waals surface area contributed by atoms with E-state index in [0.29, 0.717) is 25.7 Å². The van der Waals surface area contributed by atoms with Gasteiger partial charge in [0.05, 0.1) is 0 Å². The minimum absolute atomic E-state index is 0.0101. The summed E-state index contributed by atoms with van der Waals surface area (Å²) in [6, 6.07) is -0.286. The molecule has 4 unspecified atom stereocenters. The zero-order valence-corrected chi connectivity index (χ0v) is 18.6. The highest BCUT2D eigenvalue weighted by atomic mass is 19.4. The molecule has 0 aliphatic heterocycles. The maximum absolute atomic E-state index is 14.6. The van der Waals surface area contributed by atoms with Crippen molar-refractivity contribution in [3.63, 3.8) is 0 Å². The van der Waals surface area contributed by atoms with Crippen molar-refractivity contribution in [1.29, 1.82) is 0 Å². The van der Waals surface area contributed by atoms with Crippen LogP contribution in [0.25, 0.3) is 0 Å². The Bertz CT molecular complexity index is 457. The molecule has 4 atom stereocenters. The Balaban J connectivity index is 3.55. The first-order valence-corrected chi connectivity index (χ1v) is 11.2. The lowest BCUT2D eigenvalue weighted by Crippen LogP contribution is -2.61. The van der Waals surface area contributed by atoms with Crippen LogP contribution in [-0.2, 0) is 0 Å². The van der Waals surface area contributed by atoms with Crippen LogP contribution in [0, 0.1) is 23.2 Å². The highest BCUT2D eigenvalue weighted by molar-refractivity contribution is 5.04. The fourth-order valence-corrected chi connectivity index (χ4v) is 5.62. The van der Waals surface area contributed by atoms with Gasteiger partial charge >= 0.3 is 12.4 Å². The Morgan fingerprint density at radius 2 is 1.41 bits per heavy atom. The molecule has 0 aromatic rings. The fraction of sp³-hybridized carbons (Fsp3) is 1.00. The fourth-order valence-electron chi connectivity index (χ4n) is 5.62. The third kappa shape index (κ3) is 5.82. The van der Waals surface area contributed by atoms with Crippen molar-refractivity contribution in [2.75, 3.05) is 14.1 Å². The summed E-state index contributed by atoms with van der Waals surface area (Å²) >= 11 is 0. The van der Waals surface area contributed by atoms with E-state index >= 15 is 0 Å². The molecule has 174 valence electrons. The van der Waals surface area contributed by atoms with Crippen molar-refractivity contribution < 1.29 is 26.3 Å². The summed E-state index contributed by atoms with van der Waals surface area (Å²) < 4.78 is 87.4. The molecule has 1 aliphatic carbocycles. The molecule has 0 aromatic heterocycles. The Morgan fingerprint density at radius 3 is 1.83 bits per heavy atom. The van der Waals surface area contributed by atoms with Gasteiger partial charge in [-0.25, -0.2) is 0 Å². The standard InChI is InChI=1S/C22H39F6N/c1-6-10-17(15-19(11-7-2)29(4)5)20(21(23,24)25,22(26,27)28)18-13-9-12-16(8-3)14-18/h16-19H,6-15H2,1-5H3. The van der Waals surface area contributed by atoms with Gasteiger partial charge in [-0.15, -0.1) is 0 Å². The van der Waals surface area contributed by atoms with Gasteiger partial charge in [0.15, 0.2) is 5.41 Å². The SMILES string of the molecule is CCCC(CC(CCC)C(C1CCCC(CC)C1)(C(F)(F)F)C(F)(F)F)N(C)C. The molecule has 1 nitrogen and oxygen atoms in total. The van der Waals surface area contributed by atoms with Crippen LogP contribution in [0.4, 0.5) is 26.3 Å². The smallest absolute Gasteiger partial charge is 0.306 e. The normalized spacial score (nSPS) is 24.0. The molecular weight excluding hydrogens is 392 g/mol. The minimum atomic E-state index is -5.31. The summed E-state index contributed by atoms with van der Waals surface area (Å²) in [5, 5.41) is 0. The third-order valence-corrected chi connectivity index (χ3v) is 7.13. The van der Waals surface area contributed by atoms with Crippen molar-refractivity contribution in [2.45, 2.75) is 103 Å². The van der Waals surface area contributed by atoms with E-state index in [0.717, 1.165) is 12.8 Å². The second-order valence-corrected chi connectivity index (χ2v) is 9.13. The minimum Gasteiger partial charge on any atom is -0.306 e. The lowest BCUT2D eigenvalue weighted by molar-refractivity contribution is -0.382. The maximum atomic E-state index is 14.6. The average molecular weight is 432 g/mol. The molecular formula is C22H39F6N. The van der Waals surface area contributed by atoms with E-state index < -0.39 is 29.6 Å². The van der Waals surface area contributed by atoms with Gasteiger partial charge in [-0.2, -0.15) is 26.3 Å². The topological polar surface area (TPSA) is 3.24 Å². The van der Waals surface area contributed by atoms with Crippen LogP contribution in [0.5, 0.6) is 0 Å². The quantitative estimate of drug-likeness (QED) is 0.318. The summed E-state index contributed by atoms with van der Waals surface area (Å²) in [5.41, 5.74) is -3.62. The molecule has 0 saturated heterocycles. The molecule has 1 aliphatic rings. The molecule has 0 spiro atoms. The summed E-state index contributed by atoms with van der Waals surface area (Å²) in [7, 11) is 3.50. The number of hydrogen-bond acceptors (Lipinski definition) is 1. The predicted octanol–water partition coefficient (Wildman–Crippen LogP) is 7.85. The van der Waals surface area contributed by atoms with Crippen LogP contribution in [0.1, 0.15) is 85.0 Å². The second kappa shape index (κ2) is 10.7. The van der Waals surface area contributed by atoms with E-state index in [2.05, 4.69) is 0 Å². The number of alkyl halides is 6. The molecule has 0 radical (unpaired) electrons. The summed E-state index contributed by atoms with van der Waals surface area (Å²) in [6.45, 7) is 5.46. The molecule has 7 heteroatoms. The first-order valence-electron chi connectivity index (χ1n) is 11.2. The molecule has 0 N–H and O–H groups in total. The van der Waals surface area contributed by atoms with Crippen LogP contribution < -0.4 is 0 Å². The second-order valence-electron chi connectivity index (χ2n) is 9.13. The third-order valence-electron chi connectivity index (χ3n) is 7.13. The highest BCUT2D eigenvalue weighted by Gasteiger charge is 2.76. The summed E-state index contributed by atoms with van der Waals surface area (Å²) in [6.07, 6.45) is -7.26. The monoisotopic (exact) mass is 431 g/mol. The Labute approximate surface area is 172 Å². The first-order chi connectivity index (χ1) is 13.4. The molecule has 0 bridgehead atoms. The molecule has 1 saturated carbocycles. The summed E-state index contributed by atoms with van der Waals surface area (Å²) in [5.74, 6) is -2.89. The van der Waals surface area contributed by atoms with Crippen molar-refractivity contribution in [3.8, 4) is 0 Å². The van der Waals surface area contributed by atoms with E-state index in [1.807, 2.05) is 13.8 Å². The van der Waals surface area contributed by atoms with Crippen molar-refractivity contribution >= 4 is 0 Å². The van der Waals surface area contributed by atoms with E-state index in [1.165, 1.54) is 0 Å². The Kier molecular flexibility index (Phi) is 9.82. The largest absolute Gasteiger partial charge is 0.403 e. The number of hydrogen-bond donors (Lipinski definition) is 0. The van der Waals surface area contributed by atoms with Gasteiger partial charge in [-0.3, -0.25) is 0 Å². The van der Waals surface area contributed by atoms with Crippen LogP contribution >= 0.6 is 0 Å². The maximum Gasteiger partial charge on any atom is 0.403 e. The molecule has 1 fully saturated rings. The Morgan fingerprint density at radius 1 is 0.862 bits per heavy atom. The van der Waals surface area contributed by atoms with E-state index in [1.54, 1.807) is 25.9 Å². The zero-order chi connectivity index (χ0) is 22.5. The van der Waals surface area contributed by atoms with Crippen molar-refractivity contribution in [3.05, 3.63) is 0 Å². The van der Waals surface area contributed by atoms with Gasteiger partial charge in [-0.1, -0.05) is 52.9 Å². The molecule has 1 rings (SSSR count). The average Bonchev–Trinajstić information content (AvgIpc) is 2.59. The van der Waals surface area contributed by atoms with Crippen molar-refractivity contribution in [1.82, 2.24) is 4.90 Å². The lowest BCUT2D eigenvalue weighted by Gasteiger charge is -2.51. The van der Waals surface area contributed by atoms with Crippen LogP contribution in [-0.4, -0.2) is 37.4 Å². The van der Waals surface area contributed by atoms with Gasteiger partial charge in [0, 0.05) is 6.04 Å². The van der Waals surface area contributed by atoms with Gasteiger partial charge in [-0.05, 0) is 64.0 Å². The first kappa shape index (κ1) is 26.6. The van der Waals surface area contributed by atoms with Crippen LogP contribution in [0.3, 0.4) is 0 Å². The predicted molar refractivity (Wildman–Crippen MR) is 106 cm³/mol. The highest BCUT2D eigenvalue weighted by Crippen LogP contribution is 2.64. The van der Waals surface area contributed by atoms with Gasteiger partial charge in [0.2, 0.25) is 0 Å². The zero-order valence-electron chi connectivity index (χ0n) is 18.6. The van der Waals surface area contributed by atoms with E-state index in [9.17, 15) is 26.3 Å². The Hall–Kier alpha value is -0.460. The molecule has 0 aromatic carbocycles. The number of nitrogens with zero attached hydrogens (tertiary/aromatic N) is 1. The van der Waals surface area contributed by atoms with Crippen LogP contribution in [0.15, 0.2) is 0 Å². The molecule has 0 heterocycles. The molecule has 0 amide bonds. The lowest BCUT2D eigenvalue weighted by atomic mass is 9.57. The molecule has 29 heavy (non-hydrogen) atoms. The van der Waals surface area contributed by atoms with E-state index in [4.69, 9.17) is 0 Å². The van der Waals surface area contributed by atoms with Crippen molar-refractivity contribution in [2.24, 2.45) is 23.2 Å².